The fourth-order valence-electron chi connectivity index (χ4n) is 2.83. The molecular weight excluding hydrogens is 220 g/mol. The lowest BCUT2D eigenvalue weighted by Crippen LogP contribution is -2.21. The maximum atomic E-state index is 4.70. The van der Waals surface area contributed by atoms with Gasteiger partial charge in [0.1, 0.15) is 0 Å². The Kier molecular flexibility index (Phi) is 1.84. The molecule has 0 aromatic heterocycles. The predicted molar refractivity (Wildman–Crippen MR) is 75.3 cm³/mol. The first-order chi connectivity index (χ1) is 8.84. The Morgan fingerprint density at radius 2 is 1.94 bits per heavy atom. The van der Waals surface area contributed by atoms with Crippen molar-refractivity contribution in [2.24, 2.45) is 15.9 Å². The second-order valence-electron chi connectivity index (χ2n) is 4.77. The van der Waals surface area contributed by atoms with Gasteiger partial charge in [-0.2, -0.15) is 0 Å². The van der Waals surface area contributed by atoms with E-state index in [1.54, 1.807) is 0 Å². The number of rotatable bonds is 0. The van der Waals surface area contributed by atoms with Crippen molar-refractivity contribution < 1.29 is 0 Å². The number of benzene rings is 1. The lowest BCUT2D eigenvalue weighted by Gasteiger charge is -2.23. The van der Waals surface area contributed by atoms with Crippen LogP contribution in [0.4, 0.5) is 5.69 Å². The van der Waals surface area contributed by atoms with Crippen molar-refractivity contribution in [3.8, 4) is 0 Å². The summed E-state index contributed by atoms with van der Waals surface area (Å²) in [6.07, 6.45) is 8.42. The van der Waals surface area contributed by atoms with Crippen LogP contribution in [0.25, 0.3) is 5.57 Å². The van der Waals surface area contributed by atoms with Gasteiger partial charge in [0.15, 0.2) is 5.84 Å². The van der Waals surface area contributed by atoms with Crippen LogP contribution in [0.2, 0.25) is 0 Å². The van der Waals surface area contributed by atoms with Gasteiger partial charge < -0.3 is 0 Å². The molecule has 2 heteroatoms. The summed E-state index contributed by atoms with van der Waals surface area (Å²) in [6.45, 7) is 2.19. The van der Waals surface area contributed by atoms with Crippen LogP contribution in [0, 0.1) is 5.92 Å². The topological polar surface area (TPSA) is 24.7 Å². The van der Waals surface area contributed by atoms with Gasteiger partial charge in [-0.25, -0.2) is 9.98 Å². The van der Waals surface area contributed by atoms with Gasteiger partial charge in [-0.1, -0.05) is 36.4 Å². The number of hydrogen-bond acceptors (Lipinski definition) is 2. The van der Waals surface area contributed by atoms with Crippen molar-refractivity contribution in [2.45, 2.75) is 6.92 Å². The van der Waals surface area contributed by atoms with E-state index in [4.69, 9.17) is 4.99 Å². The minimum absolute atomic E-state index is 0.315. The van der Waals surface area contributed by atoms with Crippen LogP contribution < -0.4 is 0 Å². The van der Waals surface area contributed by atoms with Gasteiger partial charge in [0.2, 0.25) is 0 Å². The standard InChI is InChI=1S/C16H12N2/c1-10-11-6-2-4-8-13(11)17-16-15(10)12-7-3-5-9-14(12)18-16/h2-9,11H,1H3. The minimum atomic E-state index is 0.315. The van der Waals surface area contributed by atoms with Gasteiger partial charge in [0, 0.05) is 17.1 Å². The first-order valence-electron chi connectivity index (χ1n) is 6.17. The van der Waals surface area contributed by atoms with Gasteiger partial charge in [-0.15, -0.1) is 0 Å². The third-order valence-electron chi connectivity index (χ3n) is 3.72. The summed E-state index contributed by atoms with van der Waals surface area (Å²) in [5, 5.41) is 0. The Bertz CT molecular complexity index is 700. The third kappa shape index (κ3) is 1.17. The Balaban J connectivity index is 1.98. The summed E-state index contributed by atoms with van der Waals surface area (Å²) in [7, 11) is 0. The molecule has 0 amide bonds. The van der Waals surface area contributed by atoms with Crippen LogP contribution >= 0.6 is 0 Å². The molecule has 3 aliphatic rings. The Labute approximate surface area is 106 Å². The molecule has 4 rings (SSSR count). The number of para-hydroxylation sites is 1. The maximum Gasteiger partial charge on any atom is 0.160 e. The summed E-state index contributed by atoms with van der Waals surface area (Å²) in [5.41, 5.74) is 5.93. The molecule has 0 radical (unpaired) electrons. The molecule has 1 aromatic rings. The van der Waals surface area contributed by atoms with E-state index in [1.807, 2.05) is 12.1 Å². The zero-order chi connectivity index (χ0) is 12.1. The first-order valence-corrected chi connectivity index (χ1v) is 6.17. The third-order valence-corrected chi connectivity index (χ3v) is 3.72. The van der Waals surface area contributed by atoms with E-state index >= 15 is 0 Å². The molecule has 0 fully saturated rings. The number of dihydropyridines is 1. The molecular formula is C16H12N2. The van der Waals surface area contributed by atoms with Gasteiger partial charge in [0.25, 0.3) is 0 Å². The zero-order valence-corrected chi connectivity index (χ0v) is 10.1. The molecule has 0 saturated carbocycles. The summed E-state index contributed by atoms with van der Waals surface area (Å²) in [5.74, 6) is 1.19. The van der Waals surface area contributed by atoms with E-state index < -0.39 is 0 Å². The fraction of sp³-hybridized carbons (Fsp3) is 0.125. The number of fused-ring (bicyclic) bond motifs is 4. The Morgan fingerprint density at radius 1 is 1.06 bits per heavy atom. The van der Waals surface area contributed by atoms with Crippen molar-refractivity contribution >= 4 is 22.8 Å². The molecule has 1 aliphatic carbocycles. The molecule has 1 aromatic carbocycles. The van der Waals surface area contributed by atoms with Crippen molar-refractivity contribution in [3.63, 3.8) is 0 Å². The normalized spacial score (nSPS) is 23.3. The largest absolute Gasteiger partial charge is 0.232 e. The number of aliphatic imine (C=N–C) groups is 2. The van der Waals surface area contributed by atoms with Crippen molar-refractivity contribution in [2.75, 3.05) is 0 Å². The minimum Gasteiger partial charge on any atom is -0.232 e. The molecule has 18 heavy (non-hydrogen) atoms. The van der Waals surface area contributed by atoms with E-state index in [0.717, 1.165) is 17.2 Å². The molecule has 0 N–H and O–H groups in total. The summed E-state index contributed by atoms with van der Waals surface area (Å²) >= 11 is 0. The highest BCUT2D eigenvalue weighted by Gasteiger charge is 2.30. The predicted octanol–water partition coefficient (Wildman–Crippen LogP) is 3.70. The quantitative estimate of drug-likeness (QED) is 0.651. The molecule has 2 heterocycles. The average molecular weight is 232 g/mol. The van der Waals surface area contributed by atoms with E-state index in [1.165, 1.54) is 16.7 Å². The van der Waals surface area contributed by atoms with Gasteiger partial charge in [0.05, 0.1) is 11.4 Å². The number of amidine groups is 1. The maximum absolute atomic E-state index is 4.70. The summed E-state index contributed by atoms with van der Waals surface area (Å²) in [4.78, 5) is 9.33. The summed E-state index contributed by atoms with van der Waals surface area (Å²) < 4.78 is 0. The Hall–Kier alpha value is -2.22. The molecule has 0 bridgehead atoms. The number of nitrogens with zero attached hydrogens (tertiary/aromatic N) is 2. The van der Waals surface area contributed by atoms with Crippen LogP contribution in [-0.4, -0.2) is 11.5 Å². The fourth-order valence-corrected chi connectivity index (χ4v) is 2.83. The smallest absolute Gasteiger partial charge is 0.160 e. The van der Waals surface area contributed by atoms with Crippen LogP contribution in [-0.2, 0) is 0 Å². The molecule has 1 atom stereocenters. The zero-order valence-electron chi connectivity index (χ0n) is 10.1. The monoisotopic (exact) mass is 232 g/mol. The van der Waals surface area contributed by atoms with Crippen molar-refractivity contribution in [1.29, 1.82) is 0 Å². The number of allylic oxidation sites excluding steroid dienone is 5. The second-order valence-corrected chi connectivity index (χ2v) is 4.77. The van der Waals surface area contributed by atoms with E-state index in [2.05, 4.69) is 48.3 Å². The van der Waals surface area contributed by atoms with Crippen LogP contribution in [0.15, 0.2) is 64.1 Å². The highest BCUT2D eigenvalue weighted by Crippen LogP contribution is 2.41. The molecule has 86 valence electrons. The van der Waals surface area contributed by atoms with Gasteiger partial charge in [-0.05, 0) is 24.6 Å². The lowest BCUT2D eigenvalue weighted by atomic mass is 9.84. The molecule has 2 nitrogen and oxygen atoms in total. The van der Waals surface area contributed by atoms with Gasteiger partial charge in [-0.3, -0.25) is 0 Å². The lowest BCUT2D eigenvalue weighted by molar-refractivity contribution is 1.02. The van der Waals surface area contributed by atoms with E-state index in [9.17, 15) is 0 Å². The highest BCUT2D eigenvalue weighted by molar-refractivity contribution is 6.34. The van der Waals surface area contributed by atoms with Crippen molar-refractivity contribution in [3.05, 3.63) is 59.7 Å². The molecule has 0 spiro atoms. The Morgan fingerprint density at radius 3 is 2.89 bits per heavy atom. The van der Waals surface area contributed by atoms with Crippen molar-refractivity contribution in [1.82, 2.24) is 0 Å². The highest BCUT2D eigenvalue weighted by atomic mass is 15.0. The molecule has 0 saturated heterocycles. The summed E-state index contributed by atoms with van der Waals surface area (Å²) in [6, 6.07) is 8.27. The molecule has 2 aliphatic heterocycles. The number of hydrogen-bond donors (Lipinski definition) is 0. The van der Waals surface area contributed by atoms with Crippen LogP contribution in [0.5, 0.6) is 0 Å². The SMILES string of the molecule is CC1=C2C(=Nc3ccccc32)N=C2C=CC=CC21. The van der Waals surface area contributed by atoms with Gasteiger partial charge >= 0.3 is 0 Å². The first kappa shape index (κ1) is 9.77. The average Bonchev–Trinajstić information content (AvgIpc) is 2.77. The van der Waals surface area contributed by atoms with Crippen LogP contribution in [0.3, 0.4) is 0 Å². The van der Waals surface area contributed by atoms with E-state index in [-0.39, 0.29) is 0 Å². The molecule has 1 unspecified atom stereocenters. The van der Waals surface area contributed by atoms with Crippen LogP contribution in [0.1, 0.15) is 12.5 Å². The second kappa shape index (κ2) is 3.39. The van der Waals surface area contributed by atoms with E-state index in [0.29, 0.717) is 5.92 Å².